The summed E-state index contributed by atoms with van der Waals surface area (Å²) < 4.78 is 5.10. The van der Waals surface area contributed by atoms with Gasteiger partial charge in [0, 0.05) is 11.1 Å². The van der Waals surface area contributed by atoms with Gasteiger partial charge in [0.1, 0.15) is 0 Å². The quantitative estimate of drug-likeness (QED) is 0.482. The third kappa shape index (κ3) is 3.35. The van der Waals surface area contributed by atoms with Gasteiger partial charge in [0.25, 0.3) is 0 Å². The molecule has 3 rings (SSSR count). The molecule has 0 aliphatic heterocycles. The molecule has 0 bridgehead atoms. The first kappa shape index (κ1) is 16.6. The zero-order valence-corrected chi connectivity index (χ0v) is 13.6. The third-order valence-corrected chi connectivity index (χ3v) is 4.05. The summed E-state index contributed by atoms with van der Waals surface area (Å²) in [6.07, 6.45) is 1.82. The van der Waals surface area contributed by atoms with E-state index < -0.39 is 10.9 Å². The maximum atomic E-state index is 12.0. The summed E-state index contributed by atoms with van der Waals surface area (Å²) in [6, 6.07) is 11.8. The predicted molar refractivity (Wildman–Crippen MR) is 91.0 cm³/mol. The average Bonchev–Trinajstić information content (AvgIpc) is 2.65. The van der Waals surface area contributed by atoms with E-state index in [1.165, 1.54) is 13.2 Å². The number of nitro groups is 1. The molecule has 1 aliphatic carbocycles. The number of carbonyl (C=O) groups excluding carboxylic acids is 1. The maximum absolute atomic E-state index is 12.0. The second-order valence-corrected chi connectivity index (χ2v) is 5.54. The summed E-state index contributed by atoms with van der Waals surface area (Å²) in [5.74, 6) is -0.352. The third-order valence-electron chi connectivity index (χ3n) is 4.05. The Labute approximate surface area is 144 Å². The van der Waals surface area contributed by atoms with E-state index in [1.807, 2.05) is 0 Å². The fourth-order valence-electron chi connectivity index (χ4n) is 2.89. The van der Waals surface area contributed by atoms with Crippen LogP contribution in [0.2, 0.25) is 0 Å². The molecule has 7 heteroatoms. The van der Waals surface area contributed by atoms with Crippen molar-refractivity contribution in [3.63, 3.8) is 0 Å². The molecule has 0 unspecified atom stereocenters. The van der Waals surface area contributed by atoms with Gasteiger partial charge in [-0.05, 0) is 43.5 Å². The number of carbonyl (C=O) groups is 1. The Bertz CT molecular complexity index is 846. The summed E-state index contributed by atoms with van der Waals surface area (Å²) >= 11 is 0. The van der Waals surface area contributed by atoms with Crippen LogP contribution in [0.5, 0.6) is 5.75 Å². The molecule has 25 heavy (non-hydrogen) atoms. The molecule has 7 nitrogen and oxygen atoms in total. The lowest BCUT2D eigenvalue weighted by molar-refractivity contribution is -0.386. The molecule has 0 aromatic heterocycles. The van der Waals surface area contributed by atoms with Crippen molar-refractivity contribution >= 4 is 17.4 Å². The number of benzene rings is 2. The number of nitro benzene ring substituents is 1. The van der Waals surface area contributed by atoms with E-state index in [1.54, 1.807) is 36.4 Å². The minimum atomic E-state index is -0.566. The van der Waals surface area contributed by atoms with E-state index in [2.05, 4.69) is 5.16 Å². The number of ether oxygens (including phenoxy) is 1. The van der Waals surface area contributed by atoms with Gasteiger partial charge in [-0.15, -0.1) is 0 Å². The minimum Gasteiger partial charge on any atom is -0.490 e. The van der Waals surface area contributed by atoms with Crippen LogP contribution in [0.15, 0.2) is 47.6 Å². The average molecular weight is 340 g/mol. The topological polar surface area (TPSA) is 91.0 Å². The van der Waals surface area contributed by atoms with E-state index in [0.29, 0.717) is 41.7 Å². The van der Waals surface area contributed by atoms with Crippen LogP contribution >= 0.6 is 0 Å². The molecule has 0 heterocycles. The molecule has 128 valence electrons. The monoisotopic (exact) mass is 340 g/mol. The Kier molecular flexibility index (Phi) is 4.74. The normalized spacial score (nSPS) is 14.7. The smallest absolute Gasteiger partial charge is 0.365 e. The van der Waals surface area contributed by atoms with Gasteiger partial charge < -0.3 is 9.57 Å². The second kappa shape index (κ2) is 7.12. The summed E-state index contributed by atoms with van der Waals surface area (Å²) in [7, 11) is 1.40. The summed E-state index contributed by atoms with van der Waals surface area (Å²) in [6.45, 7) is 0. The van der Waals surface area contributed by atoms with Gasteiger partial charge >= 0.3 is 11.7 Å². The van der Waals surface area contributed by atoms with Crippen molar-refractivity contribution in [1.29, 1.82) is 0 Å². The Morgan fingerprint density at radius 2 is 1.92 bits per heavy atom. The fraction of sp³-hybridized carbons (Fsp3) is 0.222. The zero-order valence-electron chi connectivity index (χ0n) is 13.6. The van der Waals surface area contributed by atoms with Gasteiger partial charge in [0.2, 0.25) is 0 Å². The number of hydrogen-bond donors (Lipinski definition) is 0. The van der Waals surface area contributed by atoms with E-state index in [9.17, 15) is 14.9 Å². The standard InChI is InChI=1S/C18H16N2O5/c1-24-16-11-10-13-14(17(16)20(22)23)8-5-9-15(13)19-25-18(21)12-6-3-2-4-7-12/h2-4,6-7,10-11H,5,8-9H2,1H3/b19-15-. The first-order valence-electron chi connectivity index (χ1n) is 7.79. The predicted octanol–water partition coefficient (Wildman–Crippen LogP) is 3.50. The number of oxime groups is 1. The Morgan fingerprint density at radius 1 is 1.16 bits per heavy atom. The molecule has 0 radical (unpaired) electrons. The molecule has 0 amide bonds. The lowest BCUT2D eigenvalue weighted by Crippen LogP contribution is -2.15. The highest BCUT2D eigenvalue weighted by Gasteiger charge is 2.28. The Hall–Kier alpha value is -3.22. The van der Waals surface area contributed by atoms with Crippen molar-refractivity contribution in [3.05, 3.63) is 69.3 Å². The van der Waals surface area contributed by atoms with Crippen molar-refractivity contribution < 1.29 is 19.3 Å². The molecule has 0 saturated heterocycles. The van der Waals surface area contributed by atoms with Crippen molar-refractivity contribution in [1.82, 2.24) is 0 Å². The van der Waals surface area contributed by atoms with Gasteiger partial charge in [-0.1, -0.05) is 23.4 Å². The number of fused-ring (bicyclic) bond motifs is 1. The summed E-state index contributed by atoms with van der Waals surface area (Å²) in [5, 5.41) is 15.4. The van der Waals surface area contributed by atoms with E-state index >= 15 is 0 Å². The maximum Gasteiger partial charge on any atom is 0.365 e. The second-order valence-electron chi connectivity index (χ2n) is 5.54. The summed E-state index contributed by atoms with van der Waals surface area (Å²) in [4.78, 5) is 28.0. The highest BCUT2D eigenvalue weighted by atomic mass is 16.7. The molecule has 0 saturated carbocycles. The largest absolute Gasteiger partial charge is 0.490 e. The molecule has 2 aromatic carbocycles. The van der Waals surface area contributed by atoms with Crippen LogP contribution < -0.4 is 4.74 Å². The molecule has 0 spiro atoms. The van der Waals surface area contributed by atoms with Crippen LogP contribution in [0.3, 0.4) is 0 Å². The molecule has 2 aromatic rings. The fourth-order valence-corrected chi connectivity index (χ4v) is 2.89. The highest BCUT2D eigenvalue weighted by molar-refractivity contribution is 6.04. The van der Waals surface area contributed by atoms with Crippen LogP contribution in [-0.4, -0.2) is 23.7 Å². The lowest BCUT2D eigenvalue weighted by atomic mass is 9.88. The van der Waals surface area contributed by atoms with Crippen molar-refractivity contribution in [3.8, 4) is 5.75 Å². The molecular weight excluding hydrogens is 324 g/mol. The molecule has 0 fully saturated rings. The van der Waals surface area contributed by atoms with E-state index in [4.69, 9.17) is 9.57 Å². The molecular formula is C18H16N2O5. The number of hydrogen-bond acceptors (Lipinski definition) is 6. The summed E-state index contributed by atoms with van der Waals surface area (Å²) in [5.41, 5.74) is 2.05. The van der Waals surface area contributed by atoms with Gasteiger partial charge in [-0.2, -0.15) is 0 Å². The van der Waals surface area contributed by atoms with Crippen molar-refractivity contribution in [2.75, 3.05) is 7.11 Å². The van der Waals surface area contributed by atoms with E-state index in [-0.39, 0.29) is 11.4 Å². The van der Waals surface area contributed by atoms with Crippen molar-refractivity contribution in [2.45, 2.75) is 19.3 Å². The first-order chi connectivity index (χ1) is 12.1. The SMILES string of the molecule is COc1ccc2c(c1[N+](=O)[O-])CCC/C2=N/OC(=O)c1ccccc1. The minimum absolute atomic E-state index is 0.0539. The molecule has 0 N–H and O–H groups in total. The highest BCUT2D eigenvalue weighted by Crippen LogP contribution is 2.37. The lowest BCUT2D eigenvalue weighted by Gasteiger charge is -2.18. The van der Waals surface area contributed by atoms with Crippen LogP contribution in [0.25, 0.3) is 0 Å². The number of rotatable bonds is 4. The van der Waals surface area contributed by atoms with Crippen LogP contribution in [0, 0.1) is 10.1 Å². The van der Waals surface area contributed by atoms with Crippen LogP contribution in [0.1, 0.15) is 34.3 Å². The number of nitrogens with zero attached hydrogens (tertiary/aromatic N) is 2. The van der Waals surface area contributed by atoms with Gasteiger partial charge in [0.05, 0.1) is 23.3 Å². The molecule has 0 atom stereocenters. The van der Waals surface area contributed by atoms with Gasteiger partial charge in [-0.25, -0.2) is 4.79 Å². The van der Waals surface area contributed by atoms with Crippen molar-refractivity contribution in [2.24, 2.45) is 5.16 Å². The van der Waals surface area contributed by atoms with Crippen LogP contribution in [-0.2, 0) is 11.3 Å². The van der Waals surface area contributed by atoms with Crippen LogP contribution in [0.4, 0.5) is 5.69 Å². The first-order valence-corrected chi connectivity index (χ1v) is 7.79. The van der Waals surface area contributed by atoms with E-state index in [0.717, 1.165) is 0 Å². The number of methoxy groups -OCH3 is 1. The Morgan fingerprint density at radius 3 is 2.60 bits per heavy atom. The molecule has 1 aliphatic rings. The van der Waals surface area contributed by atoms with Gasteiger partial charge in [-0.3, -0.25) is 10.1 Å². The van der Waals surface area contributed by atoms with Gasteiger partial charge in [0.15, 0.2) is 5.75 Å². The zero-order chi connectivity index (χ0) is 17.8. The Balaban J connectivity index is 1.93.